The molecule has 0 atom stereocenters. The van der Waals surface area contributed by atoms with Crippen molar-refractivity contribution in [1.82, 2.24) is 9.88 Å². The molecule has 0 unspecified atom stereocenters. The van der Waals surface area contributed by atoms with Crippen LogP contribution in [0.15, 0.2) is 22.8 Å². The maximum Gasteiger partial charge on any atom is 0.323 e. The predicted octanol–water partition coefficient (Wildman–Crippen LogP) is 0.455. The average molecular weight is 317 g/mol. The van der Waals surface area contributed by atoms with Gasteiger partial charge in [0.05, 0.1) is 0 Å². The highest BCUT2D eigenvalue weighted by Crippen LogP contribution is 2.08. The van der Waals surface area contributed by atoms with E-state index in [0.717, 1.165) is 0 Å². The molecule has 7 nitrogen and oxygen atoms in total. The maximum atomic E-state index is 11.9. The highest BCUT2D eigenvalue weighted by Gasteiger charge is 2.22. The van der Waals surface area contributed by atoms with Crippen LogP contribution in [0.4, 0.5) is 0 Å². The molecule has 8 heteroatoms. The number of aromatic nitrogens is 1. The fourth-order valence-corrected chi connectivity index (χ4v) is 1.56. The average Bonchev–Trinajstić information content (AvgIpc) is 2.26. The quantitative estimate of drug-likeness (QED) is 0.764. The number of nitrogens with zero attached hydrogens (tertiary/aromatic N) is 2. The Morgan fingerprint density at radius 3 is 2.17 bits per heavy atom. The minimum atomic E-state index is -1.29. The molecule has 0 aromatic carbocycles. The van der Waals surface area contributed by atoms with Crippen LogP contribution in [0.1, 0.15) is 10.5 Å². The van der Waals surface area contributed by atoms with Crippen molar-refractivity contribution < 1.29 is 24.6 Å². The van der Waals surface area contributed by atoms with E-state index in [-0.39, 0.29) is 5.69 Å². The molecule has 0 aliphatic rings. The SMILES string of the molecule is O=C(O)CN(CC(=O)O)C(=O)c1cccc(Br)n1. The smallest absolute Gasteiger partial charge is 0.323 e. The van der Waals surface area contributed by atoms with Crippen molar-refractivity contribution in [1.29, 1.82) is 0 Å². The first-order valence-corrected chi connectivity index (χ1v) is 5.55. The normalized spacial score (nSPS) is 9.83. The van der Waals surface area contributed by atoms with Gasteiger partial charge in [-0.1, -0.05) is 6.07 Å². The standard InChI is InChI=1S/C10H9BrN2O5/c11-7-3-1-2-6(12-7)10(18)13(4-8(14)15)5-9(16)17/h1-3H,4-5H2,(H,14,15)(H,16,17). The zero-order valence-electron chi connectivity index (χ0n) is 9.04. The van der Waals surface area contributed by atoms with E-state index in [0.29, 0.717) is 9.50 Å². The maximum absolute atomic E-state index is 11.9. The number of rotatable bonds is 5. The fourth-order valence-electron chi connectivity index (χ4n) is 1.22. The predicted molar refractivity (Wildman–Crippen MR) is 63.1 cm³/mol. The second kappa shape index (κ2) is 6.10. The summed E-state index contributed by atoms with van der Waals surface area (Å²) in [6.45, 7) is -1.39. The summed E-state index contributed by atoms with van der Waals surface area (Å²) in [4.78, 5) is 37.6. The summed E-state index contributed by atoms with van der Waals surface area (Å²) < 4.78 is 0.402. The summed E-state index contributed by atoms with van der Waals surface area (Å²) in [6, 6.07) is 4.52. The Morgan fingerprint density at radius 2 is 1.72 bits per heavy atom. The molecule has 0 spiro atoms. The van der Waals surface area contributed by atoms with E-state index in [1.54, 1.807) is 12.1 Å². The highest BCUT2D eigenvalue weighted by atomic mass is 79.9. The first-order chi connectivity index (χ1) is 8.40. The number of carbonyl (C=O) groups excluding carboxylic acids is 1. The molecule has 1 rings (SSSR count). The minimum Gasteiger partial charge on any atom is -0.480 e. The number of carboxylic acids is 2. The number of halogens is 1. The Kier molecular flexibility index (Phi) is 4.78. The third-order valence-corrected chi connectivity index (χ3v) is 2.32. The van der Waals surface area contributed by atoms with Gasteiger partial charge in [-0.05, 0) is 28.1 Å². The van der Waals surface area contributed by atoms with Crippen molar-refractivity contribution in [2.75, 3.05) is 13.1 Å². The van der Waals surface area contributed by atoms with Crippen LogP contribution in [0, 0.1) is 0 Å². The third-order valence-electron chi connectivity index (χ3n) is 1.87. The van der Waals surface area contributed by atoms with E-state index in [4.69, 9.17) is 10.2 Å². The number of carboxylic acid groups (broad SMARTS) is 2. The number of hydrogen-bond acceptors (Lipinski definition) is 4. The Balaban J connectivity index is 2.94. The van der Waals surface area contributed by atoms with Gasteiger partial charge in [0.2, 0.25) is 0 Å². The third kappa shape index (κ3) is 4.13. The van der Waals surface area contributed by atoms with Crippen molar-refractivity contribution in [2.24, 2.45) is 0 Å². The van der Waals surface area contributed by atoms with Gasteiger partial charge in [-0.15, -0.1) is 0 Å². The molecule has 0 saturated heterocycles. The lowest BCUT2D eigenvalue weighted by Gasteiger charge is -2.17. The molecule has 0 saturated carbocycles. The molecule has 96 valence electrons. The molecule has 0 aliphatic carbocycles. The van der Waals surface area contributed by atoms with Gasteiger partial charge < -0.3 is 15.1 Å². The molecule has 0 fully saturated rings. The topological polar surface area (TPSA) is 108 Å². The molecule has 1 amide bonds. The van der Waals surface area contributed by atoms with E-state index in [1.165, 1.54) is 6.07 Å². The van der Waals surface area contributed by atoms with E-state index < -0.39 is 30.9 Å². The zero-order valence-corrected chi connectivity index (χ0v) is 10.6. The number of pyridine rings is 1. The number of amides is 1. The van der Waals surface area contributed by atoms with Crippen LogP contribution in [0.3, 0.4) is 0 Å². The fraction of sp³-hybridized carbons (Fsp3) is 0.200. The van der Waals surface area contributed by atoms with Gasteiger partial charge in [-0.25, -0.2) is 4.98 Å². The highest BCUT2D eigenvalue weighted by molar-refractivity contribution is 9.10. The molecule has 0 aliphatic heterocycles. The van der Waals surface area contributed by atoms with Gasteiger partial charge in [0.25, 0.3) is 5.91 Å². The first kappa shape index (κ1) is 14.1. The Bertz CT molecular complexity index is 475. The Labute approximate surface area is 110 Å². The van der Waals surface area contributed by atoms with Gasteiger partial charge in [0.1, 0.15) is 23.4 Å². The summed E-state index contributed by atoms with van der Waals surface area (Å²) in [7, 11) is 0. The molecule has 1 aromatic heterocycles. The minimum absolute atomic E-state index is 0.0214. The summed E-state index contributed by atoms with van der Waals surface area (Å²) in [5.74, 6) is -3.33. The number of aliphatic carboxylic acids is 2. The molecular weight excluding hydrogens is 308 g/mol. The van der Waals surface area contributed by atoms with Crippen molar-refractivity contribution >= 4 is 33.8 Å². The number of hydrogen-bond donors (Lipinski definition) is 2. The van der Waals surface area contributed by atoms with Crippen LogP contribution in [-0.4, -0.2) is 51.0 Å². The summed E-state index contributed by atoms with van der Waals surface area (Å²) >= 11 is 3.07. The molecular formula is C10H9BrN2O5. The van der Waals surface area contributed by atoms with E-state index >= 15 is 0 Å². The lowest BCUT2D eigenvalue weighted by Crippen LogP contribution is -2.39. The van der Waals surface area contributed by atoms with Crippen LogP contribution in [0.5, 0.6) is 0 Å². The van der Waals surface area contributed by atoms with Gasteiger partial charge >= 0.3 is 11.9 Å². The van der Waals surface area contributed by atoms with Crippen molar-refractivity contribution in [3.05, 3.63) is 28.5 Å². The van der Waals surface area contributed by atoms with Gasteiger partial charge in [0.15, 0.2) is 0 Å². The molecule has 1 aromatic rings. The lowest BCUT2D eigenvalue weighted by atomic mass is 10.3. The summed E-state index contributed by atoms with van der Waals surface area (Å²) in [5.41, 5.74) is -0.0214. The van der Waals surface area contributed by atoms with Crippen molar-refractivity contribution in [3.63, 3.8) is 0 Å². The van der Waals surface area contributed by atoms with Crippen molar-refractivity contribution in [2.45, 2.75) is 0 Å². The monoisotopic (exact) mass is 316 g/mol. The Hall–Kier alpha value is -1.96. The van der Waals surface area contributed by atoms with E-state index in [2.05, 4.69) is 20.9 Å². The van der Waals surface area contributed by atoms with Gasteiger partial charge in [-0.3, -0.25) is 14.4 Å². The van der Waals surface area contributed by atoms with Gasteiger partial charge in [-0.2, -0.15) is 0 Å². The van der Waals surface area contributed by atoms with Crippen LogP contribution in [0.2, 0.25) is 0 Å². The second-order valence-corrected chi connectivity index (χ2v) is 4.11. The molecule has 0 radical (unpaired) electrons. The van der Waals surface area contributed by atoms with Crippen LogP contribution >= 0.6 is 15.9 Å². The van der Waals surface area contributed by atoms with Crippen molar-refractivity contribution in [3.8, 4) is 0 Å². The lowest BCUT2D eigenvalue weighted by molar-refractivity contribution is -0.140. The van der Waals surface area contributed by atoms with Crippen LogP contribution in [-0.2, 0) is 9.59 Å². The van der Waals surface area contributed by atoms with E-state index in [9.17, 15) is 14.4 Å². The summed E-state index contributed by atoms with van der Waals surface area (Å²) in [6.07, 6.45) is 0. The zero-order chi connectivity index (χ0) is 13.7. The largest absolute Gasteiger partial charge is 0.480 e. The van der Waals surface area contributed by atoms with E-state index in [1.807, 2.05) is 0 Å². The molecule has 2 N–H and O–H groups in total. The molecule has 0 bridgehead atoms. The van der Waals surface area contributed by atoms with Crippen LogP contribution < -0.4 is 0 Å². The summed E-state index contributed by atoms with van der Waals surface area (Å²) in [5, 5.41) is 17.3. The molecule has 1 heterocycles. The van der Waals surface area contributed by atoms with Crippen LogP contribution in [0.25, 0.3) is 0 Å². The second-order valence-electron chi connectivity index (χ2n) is 3.29. The Morgan fingerprint density at radius 1 is 1.17 bits per heavy atom. The molecule has 18 heavy (non-hydrogen) atoms. The number of carbonyl (C=O) groups is 3. The first-order valence-electron chi connectivity index (χ1n) is 4.75. The van der Waals surface area contributed by atoms with Gasteiger partial charge in [0, 0.05) is 0 Å².